The third-order valence-electron chi connectivity index (χ3n) is 10.1. The van der Waals surface area contributed by atoms with Gasteiger partial charge in [-0.25, -0.2) is 0 Å². The molecule has 0 unspecified atom stereocenters. The van der Waals surface area contributed by atoms with E-state index in [9.17, 15) is 19.5 Å². The summed E-state index contributed by atoms with van der Waals surface area (Å²) >= 11 is 3.56. The number of carbonyl (C=O) groups excluding carboxylic acids is 4. The molecule has 7 rings (SSSR count). The molecule has 2 saturated heterocycles. The number of halogens is 1. The minimum atomic E-state index is -1.42. The van der Waals surface area contributed by atoms with Gasteiger partial charge in [0.2, 0.25) is 11.8 Å². The lowest BCUT2D eigenvalue weighted by atomic mass is 9.49. The molecule has 0 radical (unpaired) electrons. The highest BCUT2D eigenvalue weighted by molar-refractivity contribution is 9.10. The number of carbonyl (C=O) groups is 4. The summed E-state index contributed by atoms with van der Waals surface area (Å²) in [5, 5.41) is 12.5. The number of anilines is 1. The number of rotatable bonds is 5. The second-order valence-electron chi connectivity index (χ2n) is 12.2. The number of nitrogens with one attached hydrogen (secondary N) is 1. The Kier molecular flexibility index (Phi) is 6.77. The van der Waals surface area contributed by atoms with E-state index in [1.807, 2.05) is 67.6 Å². The summed E-state index contributed by atoms with van der Waals surface area (Å²) in [6.45, 7) is 4.03. The summed E-state index contributed by atoms with van der Waals surface area (Å²) in [6.07, 6.45) is 2.57. The molecule has 2 N–H and O–H groups in total. The maximum atomic E-state index is 15.0. The standard InChI is InChI=1S/C35H32BrN3O5/c1-3-38-31(41)24-15-14-23-25(29(24)33(38)43)18-27-32(42)39(37-22-12-9-19(2)10-13-22)34(44)35(27,20-7-5-4-6-8-20)30(23)26-17-21(36)11-16-28(26)40/h4-14,16-17,24-25,27,29-30,37,40H,3,15,18H2,1-2H3/t24-,25+,27-,29-,30+,35+/m0/s1. The number of allylic oxidation sites excluding steroid dienone is 2. The summed E-state index contributed by atoms with van der Waals surface area (Å²) < 4.78 is 0.706. The Labute approximate surface area is 263 Å². The fourth-order valence-corrected chi connectivity index (χ4v) is 8.60. The van der Waals surface area contributed by atoms with Gasteiger partial charge in [-0.15, -0.1) is 0 Å². The highest BCUT2D eigenvalue weighted by Crippen LogP contribution is 2.65. The molecule has 4 amide bonds. The van der Waals surface area contributed by atoms with Crippen LogP contribution in [-0.2, 0) is 24.6 Å². The molecule has 8 nitrogen and oxygen atoms in total. The smallest absolute Gasteiger partial charge is 0.260 e. The third kappa shape index (κ3) is 3.94. The first-order chi connectivity index (χ1) is 21.2. The first kappa shape index (κ1) is 28.5. The van der Waals surface area contributed by atoms with Crippen molar-refractivity contribution in [1.82, 2.24) is 9.91 Å². The lowest BCUT2D eigenvalue weighted by Crippen LogP contribution is -2.53. The van der Waals surface area contributed by atoms with Gasteiger partial charge in [0.15, 0.2) is 0 Å². The van der Waals surface area contributed by atoms with Gasteiger partial charge in [0.05, 0.1) is 28.9 Å². The molecule has 0 aromatic heterocycles. The maximum absolute atomic E-state index is 15.0. The van der Waals surface area contributed by atoms with E-state index in [0.717, 1.165) is 16.1 Å². The molecule has 1 saturated carbocycles. The first-order valence-corrected chi connectivity index (χ1v) is 15.8. The molecule has 9 heteroatoms. The number of amides is 4. The van der Waals surface area contributed by atoms with E-state index in [0.29, 0.717) is 27.7 Å². The van der Waals surface area contributed by atoms with Crippen molar-refractivity contribution in [2.45, 2.75) is 38.0 Å². The summed E-state index contributed by atoms with van der Waals surface area (Å²) in [4.78, 5) is 58.0. The average Bonchev–Trinajstić information content (AvgIpc) is 3.40. The normalized spacial score (nSPS) is 29.3. The van der Waals surface area contributed by atoms with Crippen molar-refractivity contribution >= 4 is 45.2 Å². The fraction of sp³-hybridized carbons (Fsp3) is 0.314. The monoisotopic (exact) mass is 653 g/mol. The molecule has 3 aromatic rings. The van der Waals surface area contributed by atoms with Crippen LogP contribution in [0.25, 0.3) is 0 Å². The van der Waals surface area contributed by atoms with Gasteiger partial charge in [0, 0.05) is 22.5 Å². The molecule has 4 aliphatic rings. The number of nitrogens with zero attached hydrogens (tertiary/aromatic N) is 2. The van der Waals surface area contributed by atoms with Crippen LogP contribution < -0.4 is 5.43 Å². The minimum absolute atomic E-state index is 0.00914. The van der Waals surface area contributed by atoms with Crippen LogP contribution in [0.3, 0.4) is 0 Å². The SMILES string of the molecule is CCN1C(=O)[C@H]2[C@H](CC=C3[C@H]2C[C@H]2C(=O)N(Nc4ccc(C)cc4)C(=O)[C@@]2(c2ccccc2)[C@H]3c2cc(Br)ccc2O)C1=O. The van der Waals surface area contributed by atoms with Crippen molar-refractivity contribution < 1.29 is 24.3 Å². The number of aromatic hydroxyl groups is 1. The topological polar surface area (TPSA) is 107 Å². The van der Waals surface area contributed by atoms with E-state index >= 15 is 4.79 Å². The number of hydrogen-bond acceptors (Lipinski definition) is 6. The number of phenolic OH excluding ortho intramolecular Hbond substituents is 1. The zero-order valence-corrected chi connectivity index (χ0v) is 26.0. The molecule has 2 heterocycles. The number of aryl methyl sites for hydroxylation is 1. The molecular formula is C35H32BrN3O5. The highest BCUT2D eigenvalue weighted by atomic mass is 79.9. The average molecular weight is 655 g/mol. The van der Waals surface area contributed by atoms with E-state index in [2.05, 4.69) is 21.4 Å². The van der Waals surface area contributed by atoms with Crippen molar-refractivity contribution in [3.63, 3.8) is 0 Å². The summed E-state index contributed by atoms with van der Waals surface area (Å²) in [5.74, 6) is -4.47. The largest absolute Gasteiger partial charge is 0.508 e. The molecule has 224 valence electrons. The number of hydrogen-bond donors (Lipinski definition) is 2. The highest BCUT2D eigenvalue weighted by Gasteiger charge is 2.70. The van der Waals surface area contributed by atoms with E-state index < -0.39 is 46.8 Å². The quantitative estimate of drug-likeness (QED) is 0.279. The van der Waals surface area contributed by atoms with Crippen molar-refractivity contribution in [3.05, 3.63) is 106 Å². The van der Waals surface area contributed by atoms with Crippen molar-refractivity contribution in [2.24, 2.45) is 23.7 Å². The Morgan fingerprint density at radius 3 is 2.36 bits per heavy atom. The van der Waals surface area contributed by atoms with Crippen LogP contribution in [0.5, 0.6) is 5.75 Å². The van der Waals surface area contributed by atoms with Crippen LogP contribution >= 0.6 is 15.9 Å². The Hall–Kier alpha value is -4.24. The Balaban J connectivity index is 1.47. The molecule has 2 aliphatic heterocycles. The number of phenols is 1. The number of imide groups is 2. The van der Waals surface area contributed by atoms with Gasteiger partial charge in [-0.05, 0) is 68.5 Å². The molecule has 6 atom stereocenters. The molecule has 3 aromatic carbocycles. The van der Waals surface area contributed by atoms with Crippen LogP contribution in [0, 0.1) is 30.6 Å². The Morgan fingerprint density at radius 2 is 1.66 bits per heavy atom. The molecule has 0 spiro atoms. The van der Waals surface area contributed by atoms with Crippen LogP contribution in [0.15, 0.2) is 88.9 Å². The van der Waals surface area contributed by atoms with E-state index in [1.54, 1.807) is 25.1 Å². The second-order valence-corrected chi connectivity index (χ2v) is 13.1. The molecular weight excluding hydrogens is 622 g/mol. The van der Waals surface area contributed by atoms with Crippen molar-refractivity contribution in [1.29, 1.82) is 0 Å². The second kappa shape index (κ2) is 10.4. The Morgan fingerprint density at radius 1 is 0.932 bits per heavy atom. The number of hydrazine groups is 1. The van der Waals surface area contributed by atoms with E-state index in [-0.39, 0.29) is 30.5 Å². The zero-order chi connectivity index (χ0) is 30.9. The van der Waals surface area contributed by atoms with Gasteiger partial charge >= 0.3 is 0 Å². The first-order valence-electron chi connectivity index (χ1n) is 15.0. The van der Waals surface area contributed by atoms with E-state index in [4.69, 9.17) is 0 Å². The summed E-state index contributed by atoms with van der Waals surface area (Å²) in [5.41, 5.74) is 5.27. The van der Waals surface area contributed by atoms with Gasteiger partial charge in [0.1, 0.15) is 5.75 Å². The predicted octanol–water partition coefficient (Wildman–Crippen LogP) is 5.47. The molecule has 0 bridgehead atoms. The van der Waals surface area contributed by atoms with Crippen molar-refractivity contribution in [3.8, 4) is 5.75 Å². The summed E-state index contributed by atoms with van der Waals surface area (Å²) in [7, 11) is 0. The third-order valence-corrected chi connectivity index (χ3v) is 10.6. The van der Waals surface area contributed by atoms with Gasteiger partial charge in [0.25, 0.3) is 11.8 Å². The van der Waals surface area contributed by atoms with Crippen LogP contribution in [-0.4, -0.2) is 45.2 Å². The van der Waals surface area contributed by atoms with Crippen LogP contribution in [0.1, 0.15) is 42.4 Å². The predicted molar refractivity (Wildman–Crippen MR) is 167 cm³/mol. The van der Waals surface area contributed by atoms with Crippen LogP contribution in [0.2, 0.25) is 0 Å². The van der Waals surface area contributed by atoms with Gasteiger partial charge < -0.3 is 5.11 Å². The Bertz CT molecular complexity index is 1740. The fourth-order valence-electron chi connectivity index (χ4n) is 8.23. The van der Waals surface area contributed by atoms with Crippen LogP contribution in [0.4, 0.5) is 5.69 Å². The number of fused-ring (bicyclic) bond motifs is 4. The van der Waals surface area contributed by atoms with Gasteiger partial charge in [-0.1, -0.05) is 75.6 Å². The van der Waals surface area contributed by atoms with Gasteiger partial charge in [-0.2, -0.15) is 5.01 Å². The zero-order valence-electron chi connectivity index (χ0n) is 24.4. The van der Waals surface area contributed by atoms with E-state index in [1.165, 1.54) is 4.90 Å². The molecule has 3 fully saturated rings. The number of likely N-dealkylation sites (tertiary alicyclic amines) is 1. The maximum Gasteiger partial charge on any atom is 0.260 e. The molecule has 44 heavy (non-hydrogen) atoms. The minimum Gasteiger partial charge on any atom is -0.508 e. The van der Waals surface area contributed by atoms with Gasteiger partial charge in [-0.3, -0.25) is 29.5 Å². The van der Waals surface area contributed by atoms with Crippen molar-refractivity contribution in [2.75, 3.05) is 12.0 Å². The summed E-state index contributed by atoms with van der Waals surface area (Å²) in [6, 6.07) is 21.8. The lowest BCUT2D eigenvalue weighted by molar-refractivity contribution is -0.141. The number of benzene rings is 3. The molecule has 2 aliphatic carbocycles. The lowest BCUT2D eigenvalue weighted by Gasteiger charge is -2.50.